The van der Waals surface area contributed by atoms with Crippen molar-refractivity contribution in [1.82, 2.24) is 30.4 Å². The highest BCUT2D eigenvalue weighted by Crippen LogP contribution is 2.21. The van der Waals surface area contributed by atoms with Gasteiger partial charge < -0.3 is 9.73 Å². The van der Waals surface area contributed by atoms with E-state index in [0.717, 1.165) is 18.8 Å². The molecule has 0 fully saturated rings. The maximum absolute atomic E-state index is 13.5. The number of nitrogens with one attached hydrogen (secondary N) is 1. The molecule has 3 aromatic rings. The zero-order valence-electron chi connectivity index (χ0n) is 16.3. The van der Waals surface area contributed by atoms with E-state index in [2.05, 4.69) is 39.6 Å². The number of halogens is 1. The van der Waals surface area contributed by atoms with Gasteiger partial charge in [-0.15, -0.1) is 5.10 Å². The summed E-state index contributed by atoms with van der Waals surface area (Å²) in [6.07, 6.45) is 1.63. The minimum absolute atomic E-state index is 0.0356. The molecule has 0 aliphatic rings. The van der Waals surface area contributed by atoms with Gasteiger partial charge in [0.1, 0.15) is 11.6 Å². The van der Waals surface area contributed by atoms with Gasteiger partial charge in [-0.05, 0) is 53.8 Å². The molecule has 0 aliphatic heterocycles. The van der Waals surface area contributed by atoms with E-state index < -0.39 is 0 Å². The Morgan fingerprint density at radius 1 is 1.31 bits per heavy atom. The smallest absolute Gasteiger partial charge is 0.230 e. The van der Waals surface area contributed by atoms with Crippen molar-refractivity contribution >= 4 is 17.7 Å². The lowest BCUT2D eigenvalue weighted by atomic mass is 10.2. The van der Waals surface area contributed by atoms with Crippen LogP contribution in [0.25, 0.3) is 5.69 Å². The monoisotopic (exact) mass is 418 g/mol. The highest BCUT2D eigenvalue weighted by Gasteiger charge is 2.21. The predicted octanol–water partition coefficient (Wildman–Crippen LogP) is 2.69. The molecule has 0 aliphatic carbocycles. The van der Waals surface area contributed by atoms with Gasteiger partial charge in [-0.2, -0.15) is 4.68 Å². The Bertz CT molecular complexity index is 913. The highest BCUT2D eigenvalue weighted by atomic mass is 32.2. The Hall–Kier alpha value is -2.72. The summed E-state index contributed by atoms with van der Waals surface area (Å²) in [5.74, 6) is 0.426. The third-order valence-electron chi connectivity index (χ3n) is 4.44. The summed E-state index contributed by atoms with van der Waals surface area (Å²) >= 11 is 1.19. The second-order valence-corrected chi connectivity index (χ2v) is 7.14. The normalized spacial score (nSPS) is 12.3. The summed E-state index contributed by atoms with van der Waals surface area (Å²) in [6.45, 7) is 6.26. The molecule has 0 spiro atoms. The Kier molecular flexibility index (Phi) is 7.36. The van der Waals surface area contributed by atoms with Crippen LogP contribution in [-0.4, -0.2) is 56.4 Å². The van der Waals surface area contributed by atoms with E-state index in [1.165, 1.54) is 28.6 Å². The number of benzene rings is 1. The summed E-state index contributed by atoms with van der Waals surface area (Å²) in [7, 11) is 0. The van der Waals surface area contributed by atoms with Gasteiger partial charge in [0.05, 0.1) is 23.7 Å². The van der Waals surface area contributed by atoms with E-state index in [1.807, 2.05) is 12.1 Å². The maximum Gasteiger partial charge on any atom is 0.230 e. The summed E-state index contributed by atoms with van der Waals surface area (Å²) in [6, 6.07) is 9.67. The zero-order chi connectivity index (χ0) is 20.6. The molecule has 2 aromatic heterocycles. The zero-order valence-corrected chi connectivity index (χ0v) is 17.1. The standard InChI is InChI=1S/C19H23FN6O2S/c1-3-25(4-2)16(17-9-6-10-28-17)12-21-18(27)13-29-19-22-23-24-26(19)15-8-5-7-14(20)11-15/h5-11,16H,3-4,12-13H2,1-2H3,(H,21,27)/t16-/m0/s1. The quantitative estimate of drug-likeness (QED) is 0.506. The minimum Gasteiger partial charge on any atom is -0.468 e. The Morgan fingerprint density at radius 2 is 2.14 bits per heavy atom. The van der Waals surface area contributed by atoms with Crippen LogP contribution in [0.15, 0.2) is 52.2 Å². The van der Waals surface area contributed by atoms with E-state index in [9.17, 15) is 9.18 Å². The second kappa shape index (κ2) is 10.2. The summed E-state index contributed by atoms with van der Waals surface area (Å²) in [5, 5.41) is 14.8. The van der Waals surface area contributed by atoms with E-state index in [0.29, 0.717) is 17.4 Å². The van der Waals surface area contributed by atoms with E-state index >= 15 is 0 Å². The maximum atomic E-state index is 13.5. The lowest BCUT2D eigenvalue weighted by Gasteiger charge is -2.28. The van der Waals surface area contributed by atoms with Gasteiger partial charge in [0.2, 0.25) is 11.1 Å². The van der Waals surface area contributed by atoms with Crippen molar-refractivity contribution in [2.45, 2.75) is 25.0 Å². The Morgan fingerprint density at radius 3 is 2.83 bits per heavy atom. The van der Waals surface area contributed by atoms with Gasteiger partial charge in [-0.1, -0.05) is 31.7 Å². The van der Waals surface area contributed by atoms with Crippen molar-refractivity contribution < 1.29 is 13.6 Å². The number of rotatable bonds is 10. The number of carbonyl (C=O) groups is 1. The fourth-order valence-electron chi connectivity index (χ4n) is 2.99. The molecule has 0 radical (unpaired) electrons. The summed E-state index contributed by atoms with van der Waals surface area (Å²) in [5.41, 5.74) is 0.498. The third kappa shape index (κ3) is 5.42. The molecule has 154 valence electrons. The number of hydrogen-bond acceptors (Lipinski definition) is 7. The average Bonchev–Trinajstić information content (AvgIpc) is 3.41. The first-order valence-corrected chi connectivity index (χ1v) is 10.3. The molecular formula is C19H23FN6O2S. The Labute approximate surface area is 172 Å². The first-order chi connectivity index (χ1) is 14.1. The fourth-order valence-corrected chi connectivity index (χ4v) is 3.71. The molecular weight excluding hydrogens is 395 g/mol. The molecule has 8 nitrogen and oxygen atoms in total. The number of carbonyl (C=O) groups excluding carboxylic acids is 1. The van der Waals surface area contributed by atoms with Crippen molar-refractivity contribution in [3.05, 3.63) is 54.2 Å². The molecule has 10 heteroatoms. The largest absolute Gasteiger partial charge is 0.468 e. The Balaban J connectivity index is 1.58. The average molecular weight is 418 g/mol. The molecule has 0 saturated carbocycles. The number of likely N-dealkylation sites (N-methyl/N-ethyl adjacent to an activating group) is 1. The molecule has 1 aromatic carbocycles. The second-order valence-electron chi connectivity index (χ2n) is 6.20. The van der Waals surface area contributed by atoms with Gasteiger partial charge in [0.15, 0.2) is 0 Å². The van der Waals surface area contributed by atoms with E-state index in [-0.39, 0.29) is 23.5 Å². The van der Waals surface area contributed by atoms with Crippen LogP contribution in [0.4, 0.5) is 4.39 Å². The number of tetrazole rings is 1. The van der Waals surface area contributed by atoms with Crippen LogP contribution in [0.3, 0.4) is 0 Å². The van der Waals surface area contributed by atoms with Crippen molar-refractivity contribution in [2.24, 2.45) is 0 Å². The number of hydrogen-bond donors (Lipinski definition) is 1. The van der Waals surface area contributed by atoms with Crippen LogP contribution in [0, 0.1) is 5.82 Å². The van der Waals surface area contributed by atoms with Crippen LogP contribution in [0.2, 0.25) is 0 Å². The van der Waals surface area contributed by atoms with Gasteiger partial charge in [-0.3, -0.25) is 9.69 Å². The summed E-state index contributed by atoms with van der Waals surface area (Å²) < 4.78 is 20.4. The van der Waals surface area contributed by atoms with Crippen LogP contribution in [-0.2, 0) is 4.79 Å². The first-order valence-electron chi connectivity index (χ1n) is 9.33. The van der Waals surface area contributed by atoms with Gasteiger partial charge in [0.25, 0.3) is 0 Å². The van der Waals surface area contributed by atoms with Crippen molar-refractivity contribution in [2.75, 3.05) is 25.4 Å². The molecule has 1 N–H and O–H groups in total. The van der Waals surface area contributed by atoms with Gasteiger partial charge in [0, 0.05) is 6.54 Å². The molecule has 1 atom stereocenters. The highest BCUT2D eigenvalue weighted by molar-refractivity contribution is 7.99. The van der Waals surface area contributed by atoms with Crippen LogP contribution < -0.4 is 5.32 Å². The van der Waals surface area contributed by atoms with Crippen LogP contribution in [0.1, 0.15) is 25.6 Å². The van der Waals surface area contributed by atoms with Crippen molar-refractivity contribution in [1.29, 1.82) is 0 Å². The number of amides is 1. The SMILES string of the molecule is CCN(CC)[C@@H](CNC(=O)CSc1nnnn1-c1cccc(F)c1)c1ccco1. The summed E-state index contributed by atoms with van der Waals surface area (Å²) in [4.78, 5) is 14.6. The number of thioether (sulfide) groups is 1. The number of aromatic nitrogens is 4. The predicted molar refractivity (Wildman–Crippen MR) is 107 cm³/mol. The fraction of sp³-hybridized carbons (Fsp3) is 0.368. The van der Waals surface area contributed by atoms with Crippen LogP contribution >= 0.6 is 11.8 Å². The molecule has 1 amide bonds. The molecule has 2 heterocycles. The third-order valence-corrected chi connectivity index (χ3v) is 5.36. The molecule has 3 rings (SSSR count). The van der Waals surface area contributed by atoms with E-state index in [1.54, 1.807) is 18.4 Å². The van der Waals surface area contributed by atoms with Gasteiger partial charge in [-0.25, -0.2) is 4.39 Å². The lowest BCUT2D eigenvalue weighted by molar-refractivity contribution is -0.118. The molecule has 0 saturated heterocycles. The van der Waals surface area contributed by atoms with Crippen molar-refractivity contribution in [3.63, 3.8) is 0 Å². The molecule has 0 unspecified atom stereocenters. The lowest BCUT2D eigenvalue weighted by Crippen LogP contribution is -2.38. The first kappa shape index (κ1) is 21.0. The molecule has 0 bridgehead atoms. The van der Waals surface area contributed by atoms with Crippen molar-refractivity contribution in [3.8, 4) is 5.69 Å². The van der Waals surface area contributed by atoms with E-state index in [4.69, 9.17) is 4.42 Å². The minimum atomic E-state index is -0.382. The number of furan rings is 1. The van der Waals surface area contributed by atoms with Crippen LogP contribution in [0.5, 0.6) is 0 Å². The molecule has 29 heavy (non-hydrogen) atoms. The number of nitrogens with zero attached hydrogens (tertiary/aromatic N) is 5. The van der Waals surface area contributed by atoms with Gasteiger partial charge >= 0.3 is 0 Å². The topological polar surface area (TPSA) is 89.1 Å².